The summed E-state index contributed by atoms with van der Waals surface area (Å²) >= 11 is 1.49. The molecule has 6 nitrogen and oxygen atoms in total. The van der Waals surface area contributed by atoms with E-state index in [4.69, 9.17) is 0 Å². The van der Waals surface area contributed by atoms with E-state index in [9.17, 15) is 4.79 Å². The number of aromatic nitrogens is 4. The molecule has 0 bridgehead atoms. The second-order valence-electron chi connectivity index (χ2n) is 4.34. The molecule has 0 aliphatic heterocycles. The van der Waals surface area contributed by atoms with E-state index in [1.165, 1.54) is 16.1 Å². The zero-order valence-electron chi connectivity index (χ0n) is 10.9. The van der Waals surface area contributed by atoms with E-state index < -0.39 is 0 Å². The summed E-state index contributed by atoms with van der Waals surface area (Å²) in [7, 11) is 0. The van der Waals surface area contributed by atoms with Crippen molar-refractivity contribution in [2.75, 3.05) is 6.54 Å². The lowest BCUT2D eigenvalue weighted by molar-refractivity contribution is 0.0955. The Kier molecular flexibility index (Phi) is 3.42. The molecule has 1 N–H and O–H groups in total. The number of rotatable bonds is 4. The Bertz CT molecular complexity index is 715. The zero-order chi connectivity index (χ0) is 13.9. The molecule has 2 aromatic heterocycles. The maximum absolute atomic E-state index is 12.0. The third-order valence-electron chi connectivity index (χ3n) is 2.80. The van der Waals surface area contributed by atoms with Crippen molar-refractivity contribution in [3.05, 3.63) is 41.0 Å². The number of carbonyl (C=O) groups excluding carboxylic acids is 1. The van der Waals surface area contributed by atoms with Gasteiger partial charge in [0.2, 0.25) is 0 Å². The molecule has 0 saturated carbocycles. The van der Waals surface area contributed by atoms with Crippen LogP contribution in [0.2, 0.25) is 0 Å². The van der Waals surface area contributed by atoms with Gasteiger partial charge < -0.3 is 5.32 Å². The smallest absolute Gasteiger partial charge is 0.261 e. The van der Waals surface area contributed by atoms with Gasteiger partial charge in [0, 0.05) is 11.2 Å². The van der Waals surface area contributed by atoms with Gasteiger partial charge in [-0.15, -0.1) is 21.5 Å². The number of hydrogen-bond acceptors (Lipinski definition) is 5. The van der Waals surface area contributed by atoms with Crippen LogP contribution in [-0.4, -0.2) is 32.7 Å². The van der Waals surface area contributed by atoms with Gasteiger partial charge in [-0.3, -0.25) is 4.79 Å². The average molecular weight is 287 g/mol. The number of tetrazole rings is 1. The molecular weight excluding hydrogens is 274 g/mol. The summed E-state index contributed by atoms with van der Waals surface area (Å²) in [5, 5.41) is 15.6. The number of amides is 1. The van der Waals surface area contributed by atoms with Gasteiger partial charge in [0.15, 0.2) is 5.82 Å². The minimum atomic E-state index is -0.0666. The van der Waals surface area contributed by atoms with E-state index in [0.29, 0.717) is 23.8 Å². The number of nitrogens with one attached hydrogen (secondary N) is 1. The molecule has 1 aromatic carbocycles. The van der Waals surface area contributed by atoms with Crippen LogP contribution in [-0.2, 0) is 6.54 Å². The topological polar surface area (TPSA) is 72.7 Å². The normalized spacial score (nSPS) is 10.8. The van der Waals surface area contributed by atoms with Crippen LogP contribution in [0.4, 0.5) is 0 Å². The number of aryl methyl sites for hydroxylation is 1. The van der Waals surface area contributed by atoms with Crippen molar-refractivity contribution in [2.24, 2.45) is 0 Å². The van der Waals surface area contributed by atoms with E-state index in [1.807, 2.05) is 30.3 Å². The fraction of sp³-hybridized carbons (Fsp3) is 0.231. The van der Waals surface area contributed by atoms with Crippen molar-refractivity contribution in [3.8, 4) is 0 Å². The molecule has 3 rings (SSSR count). The molecule has 0 unspecified atom stereocenters. The molecule has 2 heterocycles. The monoisotopic (exact) mass is 287 g/mol. The summed E-state index contributed by atoms with van der Waals surface area (Å²) in [6.07, 6.45) is 0. The van der Waals surface area contributed by atoms with Gasteiger partial charge in [-0.05, 0) is 29.7 Å². The first-order valence-electron chi connectivity index (χ1n) is 6.23. The summed E-state index contributed by atoms with van der Waals surface area (Å²) in [5.41, 5.74) is 0. The molecule has 0 saturated heterocycles. The highest BCUT2D eigenvalue weighted by Gasteiger charge is 2.09. The van der Waals surface area contributed by atoms with Crippen LogP contribution >= 0.6 is 11.3 Å². The predicted molar refractivity (Wildman–Crippen MR) is 76.7 cm³/mol. The van der Waals surface area contributed by atoms with Crippen molar-refractivity contribution in [1.29, 1.82) is 0 Å². The summed E-state index contributed by atoms with van der Waals surface area (Å²) in [6.45, 7) is 2.76. The van der Waals surface area contributed by atoms with E-state index in [1.54, 1.807) is 6.92 Å². The largest absolute Gasteiger partial charge is 0.349 e. The molecule has 0 aliphatic carbocycles. The van der Waals surface area contributed by atoms with Gasteiger partial charge >= 0.3 is 0 Å². The highest BCUT2D eigenvalue weighted by Crippen LogP contribution is 2.24. The zero-order valence-corrected chi connectivity index (χ0v) is 11.7. The Morgan fingerprint density at radius 2 is 2.25 bits per heavy atom. The number of nitrogens with zero attached hydrogens (tertiary/aromatic N) is 4. The lowest BCUT2D eigenvalue weighted by atomic mass is 10.2. The van der Waals surface area contributed by atoms with Crippen molar-refractivity contribution in [1.82, 2.24) is 25.5 Å². The summed E-state index contributed by atoms with van der Waals surface area (Å²) < 4.78 is 1.12. The standard InChI is InChI=1S/C13H13N5OS/c1-9-15-17-18(16-9)7-6-14-13(19)12-8-10-4-2-3-5-11(10)20-12/h2-5,8H,6-7H2,1H3,(H,14,19). The number of fused-ring (bicyclic) bond motifs is 1. The van der Waals surface area contributed by atoms with Crippen LogP contribution in [0.5, 0.6) is 0 Å². The second-order valence-corrected chi connectivity index (χ2v) is 5.42. The Balaban J connectivity index is 1.61. The molecule has 0 aliphatic rings. The van der Waals surface area contributed by atoms with Crippen LogP contribution in [0, 0.1) is 6.92 Å². The molecule has 102 valence electrons. The summed E-state index contributed by atoms with van der Waals surface area (Å²) in [4.78, 5) is 14.2. The summed E-state index contributed by atoms with van der Waals surface area (Å²) in [6, 6.07) is 9.87. The Morgan fingerprint density at radius 3 is 3.00 bits per heavy atom. The van der Waals surface area contributed by atoms with Gasteiger partial charge in [-0.1, -0.05) is 18.2 Å². The Morgan fingerprint density at radius 1 is 1.40 bits per heavy atom. The van der Waals surface area contributed by atoms with Crippen molar-refractivity contribution in [2.45, 2.75) is 13.5 Å². The first-order valence-corrected chi connectivity index (χ1v) is 7.05. The molecule has 7 heteroatoms. The van der Waals surface area contributed by atoms with E-state index in [-0.39, 0.29) is 5.91 Å². The summed E-state index contributed by atoms with van der Waals surface area (Å²) in [5.74, 6) is 0.559. The fourth-order valence-electron chi connectivity index (χ4n) is 1.87. The third-order valence-corrected chi connectivity index (χ3v) is 3.91. The average Bonchev–Trinajstić information content (AvgIpc) is 3.04. The van der Waals surface area contributed by atoms with E-state index >= 15 is 0 Å². The Labute approximate surface area is 119 Å². The molecule has 0 atom stereocenters. The van der Waals surface area contributed by atoms with Gasteiger partial charge in [-0.2, -0.15) is 4.80 Å². The minimum Gasteiger partial charge on any atom is -0.349 e. The predicted octanol–water partition coefficient (Wildman–Crippen LogP) is 1.63. The first-order chi connectivity index (χ1) is 9.72. The second kappa shape index (κ2) is 5.38. The molecular formula is C13H13N5OS. The lowest BCUT2D eigenvalue weighted by Gasteiger charge is -2.01. The number of hydrogen-bond donors (Lipinski definition) is 1. The van der Waals surface area contributed by atoms with Crippen LogP contribution in [0.3, 0.4) is 0 Å². The molecule has 3 aromatic rings. The van der Waals surface area contributed by atoms with Gasteiger partial charge in [0.1, 0.15) is 0 Å². The SMILES string of the molecule is Cc1nnn(CCNC(=O)c2cc3ccccc3s2)n1. The van der Waals surface area contributed by atoms with Crippen molar-refractivity contribution >= 4 is 27.3 Å². The molecule has 0 radical (unpaired) electrons. The molecule has 20 heavy (non-hydrogen) atoms. The number of carbonyl (C=O) groups is 1. The van der Waals surface area contributed by atoms with Gasteiger partial charge in [-0.25, -0.2) is 0 Å². The Hall–Kier alpha value is -2.28. The van der Waals surface area contributed by atoms with Crippen molar-refractivity contribution < 1.29 is 4.79 Å². The highest BCUT2D eigenvalue weighted by atomic mass is 32.1. The van der Waals surface area contributed by atoms with Gasteiger partial charge in [0.25, 0.3) is 5.91 Å². The minimum absolute atomic E-state index is 0.0666. The molecule has 0 fully saturated rings. The maximum Gasteiger partial charge on any atom is 0.261 e. The van der Waals surface area contributed by atoms with Crippen LogP contribution in [0.1, 0.15) is 15.5 Å². The number of thiophene rings is 1. The maximum atomic E-state index is 12.0. The number of benzene rings is 1. The lowest BCUT2D eigenvalue weighted by Crippen LogP contribution is -2.27. The van der Waals surface area contributed by atoms with Crippen LogP contribution in [0.25, 0.3) is 10.1 Å². The first kappa shape index (κ1) is 12.7. The van der Waals surface area contributed by atoms with E-state index in [2.05, 4.69) is 20.7 Å². The van der Waals surface area contributed by atoms with Crippen LogP contribution in [0.15, 0.2) is 30.3 Å². The highest BCUT2D eigenvalue weighted by molar-refractivity contribution is 7.20. The quantitative estimate of drug-likeness (QED) is 0.791. The van der Waals surface area contributed by atoms with E-state index in [0.717, 1.165) is 10.1 Å². The van der Waals surface area contributed by atoms with Crippen molar-refractivity contribution in [3.63, 3.8) is 0 Å². The van der Waals surface area contributed by atoms with Gasteiger partial charge in [0.05, 0.1) is 11.4 Å². The van der Waals surface area contributed by atoms with Crippen LogP contribution < -0.4 is 5.32 Å². The molecule has 1 amide bonds. The fourth-order valence-corrected chi connectivity index (χ4v) is 2.85. The third kappa shape index (κ3) is 2.67. The molecule has 0 spiro atoms.